The molecule has 2 bridgehead atoms. The van der Waals surface area contributed by atoms with Crippen LogP contribution in [0, 0.1) is 0 Å². The second-order valence-electron chi connectivity index (χ2n) is 2.84. The average molecular weight is 126 g/mol. The molecule has 0 aromatic heterocycles. The predicted octanol–water partition coefficient (Wildman–Crippen LogP) is 2.28. The average Bonchev–Trinajstić information content (AvgIpc) is 2.60. The van der Waals surface area contributed by atoms with Crippen molar-refractivity contribution in [3.05, 3.63) is 52.3 Å². The first-order chi connectivity index (χ1) is 4.95. The van der Waals surface area contributed by atoms with Gasteiger partial charge in [-0.3, -0.25) is 0 Å². The molecule has 0 aromatic carbocycles. The van der Waals surface area contributed by atoms with Crippen molar-refractivity contribution < 1.29 is 0 Å². The van der Waals surface area contributed by atoms with Crippen molar-refractivity contribution in [2.75, 3.05) is 0 Å². The minimum absolute atomic E-state index is 1.17. The molecule has 0 amide bonds. The number of fused-ring (bicyclic) bond motifs is 3. The summed E-state index contributed by atoms with van der Waals surface area (Å²) < 4.78 is 0. The summed E-state index contributed by atoms with van der Waals surface area (Å²) in [6.45, 7) is 0. The number of hydrogen-bond donors (Lipinski definition) is 0. The maximum atomic E-state index is 3.12. The second kappa shape index (κ2) is 1.25. The summed E-state index contributed by atoms with van der Waals surface area (Å²) in [4.78, 5) is 0. The molecule has 0 saturated heterocycles. The van der Waals surface area contributed by atoms with Crippen LogP contribution in [0.25, 0.3) is 0 Å². The lowest BCUT2D eigenvalue weighted by atomic mass is 10.1. The van der Waals surface area contributed by atoms with Gasteiger partial charge in [0, 0.05) is 0 Å². The van der Waals surface area contributed by atoms with Gasteiger partial charge in [-0.2, -0.15) is 0 Å². The second-order valence-corrected chi connectivity index (χ2v) is 2.84. The third-order valence-electron chi connectivity index (χ3n) is 2.30. The molecule has 3 aliphatic carbocycles. The van der Waals surface area contributed by atoms with E-state index in [1.165, 1.54) is 28.7 Å². The standard InChI is InChI=1S/C10H6/c1-2-9-7-4-5-8(6-7)10(9)3-1/h2-5H,6H2. The van der Waals surface area contributed by atoms with E-state index >= 15 is 0 Å². The van der Waals surface area contributed by atoms with E-state index in [0.717, 1.165) is 0 Å². The van der Waals surface area contributed by atoms with Crippen LogP contribution in [0.5, 0.6) is 0 Å². The number of allylic oxidation sites excluding steroid dienone is 7. The molecule has 0 heteroatoms. The van der Waals surface area contributed by atoms with Gasteiger partial charge in [-0.25, -0.2) is 0 Å². The summed E-state index contributed by atoms with van der Waals surface area (Å²) in [5.41, 5.74) is 8.90. The lowest BCUT2D eigenvalue weighted by Crippen LogP contribution is -1.79. The number of rotatable bonds is 0. The zero-order valence-corrected chi connectivity index (χ0v) is 5.52. The molecule has 0 nitrogen and oxygen atoms in total. The van der Waals surface area contributed by atoms with Gasteiger partial charge in [0.15, 0.2) is 0 Å². The monoisotopic (exact) mass is 126 g/mol. The van der Waals surface area contributed by atoms with Gasteiger partial charge in [0.2, 0.25) is 0 Å². The van der Waals surface area contributed by atoms with Crippen LogP contribution < -0.4 is 0 Å². The molecule has 0 spiro atoms. The Kier molecular flexibility index (Phi) is 0.570. The first kappa shape index (κ1) is 4.54. The fourth-order valence-corrected chi connectivity index (χ4v) is 1.79. The molecule has 0 atom stereocenters. The Balaban J connectivity index is 2.45. The highest BCUT2D eigenvalue weighted by Gasteiger charge is 2.23. The van der Waals surface area contributed by atoms with Gasteiger partial charge < -0.3 is 0 Å². The van der Waals surface area contributed by atoms with Crippen molar-refractivity contribution in [2.24, 2.45) is 0 Å². The summed E-state index contributed by atoms with van der Waals surface area (Å²) in [6.07, 6.45) is 9.76. The molecule has 0 unspecified atom stereocenters. The van der Waals surface area contributed by atoms with Crippen molar-refractivity contribution in [1.82, 2.24) is 0 Å². The van der Waals surface area contributed by atoms with E-state index in [-0.39, 0.29) is 0 Å². The largest absolute Gasteiger partial charge is 0.120 e. The normalized spacial score (nSPS) is 24.0. The third kappa shape index (κ3) is 0.335. The SMILES string of the molecule is C1=CC2=C3C=CC(=C2C=1)C3. The van der Waals surface area contributed by atoms with Crippen molar-refractivity contribution >= 4 is 0 Å². The summed E-state index contributed by atoms with van der Waals surface area (Å²) in [5, 5.41) is 0. The minimum atomic E-state index is 1.17. The van der Waals surface area contributed by atoms with Crippen LogP contribution in [0.15, 0.2) is 52.3 Å². The highest BCUT2D eigenvalue weighted by atomic mass is 14.3. The highest BCUT2D eigenvalue weighted by Crippen LogP contribution is 2.41. The smallest absolute Gasteiger partial charge is 0.00130 e. The van der Waals surface area contributed by atoms with Crippen LogP contribution in [0.1, 0.15) is 6.42 Å². The molecule has 0 heterocycles. The fourth-order valence-electron chi connectivity index (χ4n) is 1.79. The fraction of sp³-hybridized carbons (Fsp3) is 0.100. The highest BCUT2D eigenvalue weighted by molar-refractivity contribution is 5.69. The summed E-state index contributed by atoms with van der Waals surface area (Å²) >= 11 is 0. The van der Waals surface area contributed by atoms with E-state index in [4.69, 9.17) is 0 Å². The van der Waals surface area contributed by atoms with E-state index in [1.807, 2.05) is 0 Å². The van der Waals surface area contributed by atoms with E-state index in [2.05, 4.69) is 30.0 Å². The van der Waals surface area contributed by atoms with Gasteiger partial charge in [0.1, 0.15) is 0 Å². The third-order valence-corrected chi connectivity index (χ3v) is 2.30. The Labute approximate surface area is 59.6 Å². The summed E-state index contributed by atoms with van der Waals surface area (Å²) in [7, 11) is 0. The first-order valence-corrected chi connectivity index (χ1v) is 3.52. The molecular weight excluding hydrogens is 120 g/mol. The van der Waals surface area contributed by atoms with Crippen LogP contribution in [0.3, 0.4) is 0 Å². The van der Waals surface area contributed by atoms with Crippen molar-refractivity contribution in [3.63, 3.8) is 0 Å². The molecular formula is C10H6. The van der Waals surface area contributed by atoms with Crippen LogP contribution in [0.4, 0.5) is 0 Å². The molecule has 0 aromatic rings. The predicted molar refractivity (Wildman–Crippen MR) is 40.5 cm³/mol. The van der Waals surface area contributed by atoms with Crippen LogP contribution in [-0.4, -0.2) is 0 Å². The van der Waals surface area contributed by atoms with E-state index < -0.39 is 0 Å². The molecule has 3 aliphatic rings. The Morgan fingerprint density at radius 1 is 1.00 bits per heavy atom. The van der Waals surface area contributed by atoms with Crippen LogP contribution in [0.2, 0.25) is 0 Å². The zero-order chi connectivity index (χ0) is 6.55. The Morgan fingerprint density at radius 2 is 1.60 bits per heavy atom. The molecule has 3 rings (SSSR count). The van der Waals surface area contributed by atoms with E-state index in [0.29, 0.717) is 0 Å². The molecule has 46 valence electrons. The van der Waals surface area contributed by atoms with Crippen molar-refractivity contribution in [1.29, 1.82) is 0 Å². The van der Waals surface area contributed by atoms with Crippen LogP contribution in [-0.2, 0) is 0 Å². The maximum Gasteiger partial charge on any atom is -0.00130 e. The van der Waals surface area contributed by atoms with Gasteiger partial charge in [0.05, 0.1) is 0 Å². The number of hydrogen-bond acceptors (Lipinski definition) is 0. The first-order valence-electron chi connectivity index (χ1n) is 3.52. The van der Waals surface area contributed by atoms with Gasteiger partial charge >= 0.3 is 0 Å². The van der Waals surface area contributed by atoms with Gasteiger partial charge in [0.25, 0.3) is 0 Å². The minimum Gasteiger partial charge on any atom is -0.120 e. The summed E-state index contributed by atoms with van der Waals surface area (Å²) in [6, 6.07) is 0. The molecule has 0 saturated carbocycles. The van der Waals surface area contributed by atoms with Gasteiger partial charge in [-0.05, 0) is 40.9 Å². The zero-order valence-electron chi connectivity index (χ0n) is 5.52. The van der Waals surface area contributed by atoms with E-state index in [1.54, 1.807) is 0 Å². The topological polar surface area (TPSA) is 0 Å². The van der Waals surface area contributed by atoms with E-state index in [9.17, 15) is 0 Å². The lowest BCUT2D eigenvalue weighted by Gasteiger charge is -1.97. The van der Waals surface area contributed by atoms with Crippen molar-refractivity contribution in [3.8, 4) is 0 Å². The molecule has 0 N–H and O–H groups in total. The summed E-state index contributed by atoms with van der Waals surface area (Å²) in [5.74, 6) is 0. The Bertz CT molecular complexity index is 335. The Hall–Kier alpha value is -1.26. The molecule has 0 fully saturated rings. The van der Waals surface area contributed by atoms with Crippen LogP contribution >= 0.6 is 0 Å². The van der Waals surface area contributed by atoms with Crippen molar-refractivity contribution in [2.45, 2.75) is 6.42 Å². The lowest BCUT2D eigenvalue weighted by molar-refractivity contribution is 1.31. The molecule has 10 heavy (non-hydrogen) atoms. The quantitative estimate of drug-likeness (QED) is 0.437. The van der Waals surface area contributed by atoms with Gasteiger partial charge in [-0.15, -0.1) is 5.73 Å². The maximum absolute atomic E-state index is 3.12. The van der Waals surface area contributed by atoms with Gasteiger partial charge in [-0.1, -0.05) is 12.2 Å². The molecule has 0 aliphatic heterocycles. The Morgan fingerprint density at radius 3 is 2.20 bits per heavy atom. The molecule has 0 radical (unpaired) electrons.